The number of fused-ring (bicyclic) bond motifs is 1. The van der Waals surface area contributed by atoms with Crippen molar-refractivity contribution in [3.63, 3.8) is 0 Å². The van der Waals surface area contributed by atoms with Gasteiger partial charge in [-0.15, -0.1) is 0 Å². The molecule has 2 aromatic carbocycles. The van der Waals surface area contributed by atoms with Crippen LogP contribution in [-0.2, 0) is 6.42 Å². The van der Waals surface area contributed by atoms with Gasteiger partial charge in [-0.05, 0) is 60.7 Å². The fourth-order valence-electron chi connectivity index (χ4n) is 5.38. The first-order valence-corrected chi connectivity index (χ1v) is 12.7. The van der Waals surface area contributed by atoms with Crippen LogP contribution in [0.1, 0.15) is 52.1 Å². The molecule has 5 rings (SSSR count). The van der Waals surface area contributed by atoms with Crippen molar-refractivity contribution in [2.45, 2.75) is 33.6 Å². The van der Waals surface area contributed by atoms with Crippen LogP contribution in [0.3, 0.4) is 0 Å². The highest BCUT2D eigenvalue weighted by Crippen LogP contribution is 2.36. The molecule has 192 valence electrons. The predicted molar refractivity (Wildman–Crippen MR) is 144 cm³/mol. The Morgan fingerprint density at radius 2 is 1.49 bits per heavy atom. The van der Waals surface area contributed by atoms with Crippen LogP contribution >= 0.6 is 0 Å². The summed E-state index contributed by atoms with van der Waals surface area (Å²) in [6, 6.07) is 15.4. The number of piperazine rings is 1. The van der Waals surface area contributed by atoms with E-state index in [0.717, 1.165) is 17.0 Å². The van der Waals surface area contributed by atoms with Crippen molar-refractivity contribution >= 4 is 17.4 Å². The number of rotatable bonds is 4. The van der Waals surface area contributed by atoms with E-state index in [1.165, 1.54) is 4.57 Å². The Hall–Kier alpha value is -3.87. The minimum absolute atomic E-state index is 0.0227. The Kier molecular flexibility index (Phi) is 6.40. The monoisotopic (exact) mass is 499 g/mol. The summed E-state index contributed by atoms with van der Waals surface area (Å²) < 4.78 is 6.72. The van der Waals surface area contributed by atoms with Crippen molar-refractivity contribution < 1.29 is 14.3 Å². The van der Waals surface area contributed by atoms with Crippen LogP contribution in [0, 0.1) is 12.3 Å². The SMILES string of the molecule is COc1ccc(N2CCN(C(=O)c3c4c(cn(-c5ccc(C)cc5)c3=O)C(=O)CC(C)(C)C4)CC2)cc1. The maximum Gasteiger partial charge on any atom is 0.268 e. The van der Waals surface area contributed by atoms with Crippen LogP contribution in [-0.4, -0.2) is 54.4 Å². The van der Waals surface area contributed by atoms with Gasteiger partial charge in [0.15, 0.2) is 5.78 Å². The van der Waals surface area contributed by atoms with Gasteiger partial charge in [-0.2, -0.15) is 0 Å². The number of nitrogens with zero attached hydrogens (tertiary/aromatic N) is 3. The molecule has 0 N–H and O–H groups in total. The average Bonchev–Trinajstić information content (AvgIpc) is 2.88. The number of ketones is 1. The molecule has 0 saturated carbocycles. The van der Waals surface area contributed by atoms with Crippen molar-refractivity contribution in [1.82, 2.24) is 9.47 Å². The van der Waals surface area contributed by atoms with Gasteiger partial charge in [0.25, 0.3) is 11.5 Å². The Morgan fingerprint density at radius 3 is 2.11 bits per heavy atom. The van der Waals surface area contributed by atoms with Crippen LogP contribution in [0.15, 0.2) is 59.5 Å². The number of amides is 1. The summed E-state index contributed by atoms with van der Waals surface area (Å²) in [6.45, 7) is 8.31. The van der Waals surface area contributed by atoms with Crippen molar-refractivity contribution in [2.75, 3.05) is 38.2 Å². The molecule has 0 atom stereocenters. The molecule has 1 amide bonds. The third-order valence-corrected chi connectivity index (χ3v) is 7.44. The van der Waals surface area contributed by atoms with Crippen molar-refractivity contribution in [1.29, 1.82) is 0 Å². The molecule has 1 aromatic heterocycles. The van der Waals surface area contributed by atoms with Crippen molar-refractivity contribution in [3.8, 4) is 11.4 Å². The van der Waals surface area contributed by atoms with Gasteiger partial charge in [0.1, 0.15) is 11.3 Å². The second-order valence-corrected chi connectivity index (χ2v) is 10.8. The fraction of sp³-hybridized carbons (Fsp3) is 0.367. The molecular formula is C30H33N3O4. The Bertz CT molecular complexity index is 1400. The maximum atomic E-state index is 13.9. The van der Waals surface area contributed by atoms with E-state index in [9.17, 15) is 14.4 Å². The number of Topliss-reactive ketones (excluding diaryl/α,β-unsaturated/α-hetero) is 1. The van der Waals surface area contributed by atoms with E-state index < -0.39 is 0 Å². The Balaban J connectivity index is 1.49. The fourth-order valence-corrected chi connectivity index (χ4v) is 5.38. The number of anilines is 1. The van der Waals surface area contributed by atoms with E-state index in [-0.39, 0.29) is 28.2 Å². The van der Waals surface area contributed by atoms with Crippen molar-refractivity contribution in [2.24, 2.45) is 5.41 Å². The highest BCUT2D eigenvalue weighted by molar-refractivity contribution is 6.04. The zero-order valence-corrected chi connectivity index (χ0v) is 21.9. The molecule has 37 heavy (non-hydrogen) atoms. The van der Waals surface area contributed by atoms with E-state index in [0.29, 0.717) is 55.8 Å². The lowest BCUT2D eigenvalue weighted by Gasteiger charge is -2.37. The first-order chi connectivity index (χ1) is 17.7. The van der Waals surface area contributed by atoms with E-state index in [2.05, 4.69) is 4.90 Å². The smallest absolute Gasteiger partial charge is 0.268 e. The number of ether oxygens (including phenoxy) is 1. The molecule has 0 spiro atoms. The molecule has 7 nitrogen and oxygen atoms in total. The standard InChI is InChI=1S/C30H33N3O4/c1-20-5-7-22(8-6-20)33-19-25-24(17-30(2,3)18-26(25)34)27(29(33)36)28(35)32-15-13-31(14-16-32)21-9-11-23(37-4)12-10-21/h5-12,19H,13-18H2,1-4H3. The second kappa shape index (κ2) is 9.54. The normalized spacial score (nSPS) is 16.9. The van der Waals surface area contributed by atoms with Crippen molar-refractivity contribution in [3.05, 3.63) is 87.3 Å². The van der Waals surface area contributed by atoms with Crippen LogP contribution in [0.2, 0.25) is 0 Å². The van der Waals surface area contributed by atoms with Gasteiger partial charge < -0.3 is 14.5 Å². The largest absolute Gasteiger partial charge is 0.497 e. The van der Waals surface area contributed by atoms with E-state index in [1.54, 1.807) is 18.2 Å². The third kappa shape index (κ3) is 4.78. The summed E-state index contributed by atoms with van der Waals surface area (Å²) in [7, 11) is 1.64. The van der Waals surface area contributed by atoms with Gasteiger partial charge in [0, 0.05) is 55.7 Å². The number of aromatic nitrogens is 1. The number of pyridine rings is 1. The van der Waals surface area contributed by atoms with Gasteiger partial charge in [-0.3, -0.25) is 19.0 Å². The molecule has 1 fully saturated rings. The predicted octanol–water partition coefficient (Wildman–Crippen LogP) is 4.27. The molecule has 0 radical (unpaired) electrons. The van der Waals surface area contributed by atoms with Gasteiger partial charge >= 0.3 is 0 Å². The molecule has 2 aliphatic rings. The summed E-state index contributed by atoms with van der Waals surface area (Å²) in [5.74, 6) is 0.488. The molecule has 3 aromatic rings. The average molecular weight is 500 g/mol. The number of hydrogen-bond acceptors (Lipinski definition) is 5. The highest BCUT2D eigenvalue weighted by atomic mass is 16.5. The second-order valence-electron chi connectivity index (χ2n) is 10.8. The zero-order valence-electron chi connectivity index (χ0n) is 21.9. The lowest BCUT2D eigenvalue weighted by atomic mass is 9.73. The number of carbonyl (C=O) groups excluding carboxylic acids is 2. The Morgan fingerprint density at radius 1 is 0.865 bits per heavy atom. The van der Waals surface area contributed by atoms with E-state index >= 15 is 0 Å². The van der Waals surface area contributed by atoms with E-state index in [1.807, 2.05) is 69.3 Å². The highest BCUT2D eigenvalue weighted by Gasteiger charge is 2.37. The lowest BCUT2D eigenvalue weighted by molar-refractivity contribution is 0.0742. The summed E-state index contributed by atoms with van der Waals surface area (Å²) >= 11 is 0. The maximum absolute atomic E-state index is 13.9. The lowest BCUT2D eigenvalue weighted by Crippen LogP contribution is -2.50. The first kappa shape index (κ1) is 24.8. The van der Waals surface area contributed by atoms with Crippen LogP contribution in [0.4, 0.5) is 5.69 Å². The minimum atomic E-state index is -0.365. The minimum Gasteiger partial charge on any atom is -0.497 e. The molecular weight excluding hydrogens is 466 g/mol. The number of benzene rings is 2. The molecule has 0 bridgehead atoms. The summed E-state index contributed by atoms with van der Waals surface area (Å²) in [6.07, 6.45) is 2.55. The third-order valence-electron chi connectivity index (χ3n) is 7.44. The number of methoxy groups -OCH3 is 1. The van der Waals surface area contributed by atoms with Gasteiger partial charge in [0.2, 0.25) is 0 Å². The van der Waals surface area contributed by atoms with E-state index in [4.69, 9.17) is 4.74 Å². The summed E-state index contributed by atoms with van der Waals surface area (Å²) in [4.78, 5) is 45.0. The quantitative estimate of drug-likeness (QED) is 0.536. The first-order valence-electron chi connectivity index (χ1n) is 12.7. The number of hydrogen-bond donors (Lipinski definition) is 0. The number of carbonyl (C=O) groups is 2. The molecule has 2 heterocycles. The van der Waals surface area contributed by atoms with Gasteiger partial charge in [-0.25, -0.2) is 0 Å². The molecule has 0 unspecified atom stereocenters. The zero-order chi connectivity index (χ0) is 26.3. The molecule has 1 aliphatic heterocycles. The molecule has 1 aliphatic carbocycles. The topological polar surface area (TPSA) is 71.8 Å². The Labute approximate surface area is 217 Å². The molecule has 7 heteroatoms. The number of aryl methyl sites for hydroxylation is 1. The van der Waals surface area contributed by atoms with Crippen LogP contribution < -0.4 is 15.2 Å². The molecule has 1 saturated heterocycles. The van der Waals surface area contributed by atoms with Crippen LogP contribution in [0.25, 0.3) is 5.69 Å². The van der Waals surface area contributed by atoms with Crippen LogP contribution in [0.5, 0.6) is 5.75 Å². The van der Waals surface area contributed by atoms with Gasteiger partial charge in [-0.1, -0.05) is 31.5 Å². The van der Waals surface area contributed by atoms with Gasteiger partial charge in [0.05, 0.1) is 7.11 Å². The summed E-state index contributed by atoms with van der Waals surface area (Å²) in [5.41, 5.74) is 3.33. The summed E-state index contributed by atoms with van der Waals surface area (Å²) in [5, 5.41) is 0.